The number of carbonyl (C=O) groups is 1. The molecule has 1 heterocycles. The highest BCUT2D eigenvalue weighted by atomic mass is 35.5. The molecule has 0 spiro atoms. The molecule has 22 heavy (non-hydrogen) atoms. The summed E-state index contributed by atoms with van der Waals surface area (Å²) in [5, 5.41) is 5.34. The maximum atomic E-state index is 12.2. The molecule has 0 aliphatic carbocycles. The first-order chi connectivity index (χ1) is 10.5. The summed E-state index contributed by atoms with van der Waals surface area (Å²) in [6.45, 7) is 0. The Morgan fingerprint density at radius 1 is 1.05 bits per heavy atom. The van der Waals surface area contributed by atoms with Crippen molar-refractivity contribution in [3.05, 3.63) is 63.2 Å². The Balaban J connectivity index is 1.78. The maximum Gasteiger partial charge on any atom is 0.228 e. The number of halogens is 3. The van der Waals surface area contributed by atoms with Crippen LogP contribution in [0.5, 0.6) is 0 Å². The summed E-state index contributed by atoms with van der Waals surface area (Å²) in [7, 11) is 0. The molecule has 0 atom stereocenters. The number of nitrogens with one attached hydrogen (secondary N) is 2. The molecule has 0 bridgehead atoms. The third-order valence-corrected chi connectivity index (χ3v) is 4.07. The monoisotopic (exact) mass is 352 g/mol. The minimum absolute atomic E-state index is 0.153. The van der Waals surface area contributed by atoms with Gasteiger partial charge in [0.1, 0.15) is 0 Å². The highest BCUT2D eigenvalue weighted by Crippen LogP contribution is 2.26. The van der Waals surface area contributed by atoms with E-state index in [1.807, 2.05) is 18.3 Å². The van der Waals surface area contributed by atoms with Crippen molar-refractivity contribution in [3.63, 3.8) is 0 Å². The Labute approximate surface area is 142 Å². The van der Waals surface area contributed by atoms with Gasteiger partial charge in [-0.05, 0) is 35.9 Å². The van der Waals surface area contributed by atoms with Gasteiger partial charge in [0.15, 0.2) is 0 Å². The van der Waals surface area contributed by atoms with Crippen molar-refractivity contribution in [1.82, 2.24) is 4.98 Å². The van der Waals surface area contributed by atoms with E-state index in [2.05, 4.69) is 10.3 Å². The zero-order chi connectivity index (χ0) is 15.7. The predicted molar refractivity (Wildman–Crippen MR) is 92.1 cm³/mol. The number of anilines is 1. The van der Waals surface area contributed by atoms with Crippen LogP contribution >= 0.6 is 34.8 Å². The van der Waals surface area contributed by atoms with Gasteiger partial charge in [0, 0.05) is 27.1 Å². The van der Waals surface area contributed by atoms with E-state index < -0.39 is 0 Å². The van der Waals surface area contributed by atoms with Gasteiger partial charge in [0.2, 0.25) is 5.91 Å². The third kappa shape index (κ3) is 3.22. The largest absolute Gasteiger partial charge is 0.361 e. The number of hydrogen-bond acceptors (Lipinski definition) is 1. The first-order valence-electron chi connectivity index (χ1n) is 6.53. The molecule has 0 saturated heterocycles. The molecule has 0 fully saturated rings. The van der Waals surface area contributed by atoms with E-state index in [-0.39, 0.29) is 12.3 Å². The summed E-state index contributed by atoms with van der Waals surface area (Å²) in [5.41, 5.74) is 2.34. The maximum absolute atomic E-state index is 12.2. The van der Waals surface area contributed by atoms with Crippen LogP contribution < -0.4 is 5.32 Å². The van der Waals surface area contributed by atoms with Crippen molar-refractivity contribution in [2.75, 3.05) is 5.32 Å². The second kappa shape index (κ2) is 6.21. The van der Waals surface area contributed by atoms with Crippen molar-refractivity contribution >= 4 is 57.3 Å². The molecule has 3 nitrogen and oxygen atoms in total. The van der Waals surface area contributed by atoms with Gasteiger partial charge in [-0.15, -0.1) is 0 Å². The van der Waals surface area contributed by atoms with Gasteiger partial charge in [0.25, 0.3) is 0 Å². The topological polar surface area (TPSA) is 44.9 Å². The van der Waals surface area contributed by atoms with E-state index in [9.17, 15) is 4.79 Å². The Morgan fingerprint density at radius 3 is 2.55 bits per heavy atom. The Bertz CT molecular complexity index is 858. The number of H-pyrrole nitrogens is 1. The molecule has 1 aromatic heterocycles. The molecule has 0 unspecified atom stereocenters. The average Bonchev–Trinajstić information content (AvgIpc) is 2.84. The van der Waals surface area contributed by atoms with Gasteiger partial charge >= 0.3 is 0 Å². The van der Waals surface area contributed by atoms with Gasteiger partial charge in [-0.1, -0.05) is 40.9 Å². The SMILES string of the molecule is O=C(Cc1c[nH]c2cc(Cl)ccc12)Nc1ccc(Cl)cc1Cl. The fourth-order valence-corrected chi connectivity index (χ4v) is 2.89. The molecule has 0 aliphatic heterocycles. The van der Waals surface area contributed by atoms with Crippen LogP contribution in [0.2, 0.25) is 15.1 Å². The highest BCUT2D eigenvalue weighted by Gasteiger charge is 2.11. The van der Waals surface area contributed by atoms with Crippen LogP contribution in [0.25, 0.3) is 10.9 Å². The summed E-state index contributed by atoms with van der Waals surface area (Å²) in [4.78, 5) is 15.3. The quantitative estimate of drug-likeness (QED) is 0.658. The molecule has 2 aromatic carbocycles. The van der Waals surface area contributed by atoms with Gasteiger partial charge in [0.05, 0.1) is 17.1 Å². The molecular weight excluding hydrogens is 343 g/mol. The highest BCUT2D eigenvalue weighted by molar-refractivity contribution is 6.36. The summed E-state index contributed by atoms with van der Waals surface area (Å²) < 4.78 is 0. The number of benzene rings is 2. The Morgan fingerprint density at radius 2 is 1.77 bits per heavy atom. The van der Waals surface area contributed by atoms with Gasteiger partial charge < -0.3 is 10.3 Å². The molecule has 3 aromatic rings. The van der Waals surface area contributed by atoms with Gasteiger partial charge in [-0.3, -0.25) is 4.79 Å². The lowest BCUT2D eigenvalue weighted by Crippen LogP contribution is -2.14. The van der Waals surface area contributed by atoms with Crippen molar-refractivity contribution in [2.24, 2.45) is 0 Å². The molecule has 0 saturated carbocycles. The zero-order valence-corrected chi connectivity index (χ0v) is 13.6. The second-order valence-corrected chi connectivity index (χ2v) is 6.13. The minimum atomic E-state index is -0.153. The first-order valence-corrected chi connectivity index (χ1v) is 7.67. The molecule has 6 heteroatoms. The normalized spacial score (nSPS) is 10.9. The van der Waals surface area contributed by atoms with E-state index in [0.29, 0.717) is 20.8 Å². The average molecular weight is 354 g/mol. The Hall–Kier alpha value is -1.68. The number of hydrogen-bond donors (Lipinski definition) is 2. The minimum Gasteiger partial charge on any atom is -0.361 e. The molecule has 0 aliphatic rings. The van der Waals surface area contributed by atoms with Gasteiger partial charge in [-0.25, -0.2) is 0 Å². The smallest absolute Gasteiger partial charge is 0.228 e. The van der Waals surface area contributed by atoms with E-state index in [1.165, 1.54) is 0 Å². The van der Waals surface area contributed by atoms with Crippen LogP contribution in [0, 0.1) is 0 Å². The standard InChI is InChI=1S/C16H11Cl3N2O/c17-10-2-4-14(13(19)6-10)21-16(22)5-9-8-20-15-7-11(18)1-3-12(9)15/h1-4,6-8,20H,5H2,(H,21,22). The number of aromatic amines is 1. The number of amides is 1. The zero-order valence-electron chi connectivity index (χ0n) is 11.3. The van der Waals surface area contributed by atoms with E-state index in [4.69, 9.17) is 34.8 Å². The van der Waals surface area contributed by atoms with Crippen LogP contribution in [-0.2, 0) is 11.2 Å². The molecule has 2 N–H and O–H groups in total. The number of carbonyl (C=O) groups excluding carboxylic acids is 1. The summed E-state index contributed by atoms with van der Waals surface area (Å²) in [6, 6.07) is 10.5. The van der Waals surface area contributed by atoms with Gasteiger partial charge in [-0.2, -0.15) is 0 Å². The second-order valence-electron chi connectivity index (χ2n) is 4.85. The van der Waals surface area contributed by atoms with Crippen LogP contribution in [-0.4, -0.2) is 10.9 Å². The number of fused-ring (bicyclic) bond motifs is 1. The summed E-state index contributed by atoms with van der Waals surface area (Å²) in [5.74, 6) is -0.153. The first kappa shape index (κ1) is 15.2. The van der Waals surface area contributed by atoms with Crippen molar-refractivity contribution in [3.8, 4) is 0 Å². The lowest BCUT2D eigenvalue weighted by atomic mass is 10.1. The lowest BCUT2D eigenvalue weighted by Gasteiger charge is -2.07. The summed E-state index contributed by atoms with van der Waals surface area (Å²) in [6.07, 6.45) is 2.05. The van der Waals surface area contributed by atoms with E-state index >= 15 is 0 Å². The van der Waals surface area contributed by atoms with E-state index in [1.54, 1.807) is 24.3 Å². The molecule has 3 rings (SSSR count). The molecule has 112 valence electrons. The Kier molecular flexibility index (Phi) is 4.30. The molecule has 0 radical (unpaired) electrons. The fraction of sp³-hybridized carbons (Fsp3) is 0.0625. The lowest BCUT2D eigenvalue weighted by molar-refractivity contribution is -0.115. The molecule has 1 amide bonds. The van der Waals surface area contributed by atoms with Crippen LogP contribution in [0.15, 0.2) is 42.6 Å². The number of aromatic nitrogens is 1. The van der Waals surface area contributed by atoms with Crippen molar-refractivity contribution in [2.45, 2.75) is 6.42 Å². The van der Waals surface area contributed by atoms with Crippen LogP contribution in [0.4, 0.5) is 5.69 Å². The van der Waals surface area contributed by atoms with Crippen LogP contribution in [0.3, 0.4) is 0 Å². The fourth-order valence-electron chi connectivity index (χ4n) is 2.26. The molecular formula is C16H11Cl3N2O. The van der Waals surface area contributed by atoms with E-state index in [0.717, 1.165) is 16.5 Å². The van der Waals surface area contributed by atoms with Crippen molar-refractivity contribution < 1.29 is 4.79 Å². The van der Waals surface area contributed by atoms with Crippen molar-refractivity contribution in [1.29, 1.82) is 0 Å². The van der Waals surface area contributed by atoms with Crippen LogP contribution in [0.1, 0.15) is 5.56 Å². The number of rotatable bonds is 3. The predicted octanol–water partition coefficient (Wildman–Crippen LogP) is 5.31. The summed E-state index contributed by atoms with van der Waals surface area (Å²) >= 11 is 17.8. The third-order valence-electron chi connectivity index (χ3n) is 3.29.